The minimum atomic E-state index is -0.362. The first kappa shape index (κ1) is 14.4. The van der Waals surface area contributed by atoms with Crippen LogP contribution < -0.4 is 0 Å². The summed E-state index contributed by atoms with van der Waals surface area (Å²) in [7, 11) is -0.362. The zero-order valence-electron chi connectivity index (χ0n) is 13.1. The molecule has 2 aliphatic rings. The predicted molar refractivity (Wildman–Crippen MR) is 85.4 cm³/mol. The van der Waals surface area contributed by atoms with Crippen LogP contribution in [0.3, 0.4) is 0 Å². The summed E-state index contributed by atoms with van der Waals surface area (Å²) >= 11 is 0. The van der Waals surface area contributed by atoms with Gasteiger partial charge in [-0.05, 0) is 45.7 Å². The Hall–Kier alpha value is -1.52. The van der Waals surface area contributed by atoms with E-state index in [-0.39, 0.29) is 18.5 Å². The fourth-order valence-electron chi connectivity index (χ4n) is 2.47. The lowest BCUT2D eigenvalue weighted by atomic mass is 9.90. The molecule has 1 fully saturated rings. The van der Waals surface area contributed by atoms with Crippen LogP contribution in [0, 0.1) is 0 Å². The van der Waals surface area contributed by atoms with Crippen molar-refractivity contribution >= 4 is 7.25 Å². The SMILES string of the molecule is CC1(C)OB(N2C=CC(c3ccccc3)C=C2)OC1(C)C. The molecule has 0 amide bonds. The molecular weight excluding hydrogens is 261 g/mol. The van der Waals surface area contributed by atoms with Crippen LogP contribution in [0.2, 0.25) is 0 Å². The molecule has 1 aromatic rings. The fourth-order valence-corrected chi connectivity index (χ4v) is 2.47. The minimum Gasteiger partial charge on any atom is -0.384 e. The highest BCUT2D eigenvalue weighted by Crippen LogP contribution is 2.38. The number of hydrogen-bond acceptors (Lipinski definition) is 3. The van der Waals surface area contributed by atoms with E-state index in [9.17, 15) is 0 Å². The molecule has 1 aromatic carbocycles. The topological polar surface area (TPSA) is 21.7 Å². The van der Waals surface area contributed by atoms with Crippen LogP contribution in [0.15, 0.2) is 54.9 Å². The Bertz CT molecular complexity index is 535. The van der Waals surface area contributed by atoms with E-state index >= 15 is 0 Å². The quantitative estimate of drug-likeness (QED) is 0.772. The lowest BCUT2D eigenvalue weighted by Crippen LogP contribution is -2.41. The van der Waals surface area contributed by atoms with Gasteiger partial charge < -0.3 is 14.1 Å². The summed E-state index contributed by atoms with van der Waals surface area (Å²) in [6, 6.07) is 10.5. The van der Waals surface area contributed by atoms with Crippen LogP contribution in [0.4, 0.5) is 0 Å². The summed E-state index contributed by atoms with van der Waals surface area (Å²) in [5, 5.41) is 0. The van der Waals surface area contributed by atoms with Gasteiger partial charge in [0.1, 0.15) is 0 Å². The van der Waals surface area contributed by atoms with Crippen LogP contribution in [0.25, 0.3) is 0 Å². The van der Waals surface area contributed by atoms with Gasteiger partial charge in [0.2, 0.25) is 0 Å². The molecule has 1 saturated heterocycles. The smallest absolute Gasteiger partial charge is 0.384 e. The highest BCUT2D eigenvalue weighted by atomic mass is 16.7. The van der Waals surface area contributed by atoms with E-state index in [0.717, 1.165) is 0 Å². The second kappa shape index (κ2) is 5.04. The Morgan fingerprint density at radius 3 is 1.95 bits per heavy atom. The Balaban J connectivity index is 1.71. The molecule has 0 unspecified atom stereocenters. The van der Waals surface area contributed by atoms with Crippen molar-refractivity contribution in [3.63, 3.8) is 0 Å². The Kier molecular flexibility index (Phi) is 3.46. The molecule has 110 valence electrons. The average molecular weight is 283 g/mol. The summed E-state index contributed by atoms with van der Waals surface area (Å²) in [4.78, 5) is 1.98. The molecule has 0 N–H and O–H groups in total. The highest BCUT2D eigenvalue weighted by molar-refractivity contribution is 6.43. The van der Waals surface area contributed by atoms with Gasteiger partial charge in [0.25, 0.3) is 0 Å². The van der Waals surface area contributed by atoms with Crippen molar-refractivity contribution in [1.82, 2.24) is 4.81 Å². The fraction of sp³-hybridized carbons (Fsp3) is 0.412. The molecule has 0 aliphatic carbocycles. The van der Waals surface area contributed by atoms with Gasteiger partial charge in [0.05, 0.1) is 11.2 Å². The molecule has 0 bridgehead atoms. The summed E-state index contributed by atoms with van der Waals surface area (Å²) in [6.45, 7) is 8.27. The van der Waals surface area contributed by atoms with Gasteiger partial charge in [-0.25, -0.2) is 0 Å². The lowest BCUT2D eigenvalue weighted by molar-refractivity contribution is 0.00578. The third-order valence-corrected chi connectivity index (χ3v) is 4.60. The van der Waals surface area contributed by atoms with Crippen LogP contribution in [-0.4, -0.2) is 23.3 Å². The molecular formula is C17H22BNO2. The average Bonchev–Trinajstić information content (AvgIpc) is 2.69. The number of rotatable bonds is 2. The van der Waals surface area contributed by atoms with Crippen molar-refractivity contribution in [3.05, 3.63) is 60.4 Å². The van der Waals surface area contributed by atoms with E-state index < -0.39 is 0 Å². The van der Waals surface area contributed by atoms with E-state index in [2.05, 4.69) is 64.1 Å². The van der Waals surface area contributed by atoms with Crippen LogP contribution >= 0.6 is 0 Å². The molecule has 2 heterocycles. The first-order valence-electron chi connectivity index (χ1n) is 7.44. The Morgan fingerprint density at radius 1 is 0.905 bits per heavy atom. The summed E-state index contributed by atoms with van der Waals surface area (Å²) in [6.07, 6.45) is 8.42. The normalized spacial score (nSPS) is 23.8. The van der Waals surface area contributed by atoms with Crippen LogP contribution in [-0.2, 0) is 9.31 Å². The number of allylic oxidation sites excluding steroid dienone is 2. The molecule has 3 rings (SSSR count). The third kappa shape index (κ3) is 2.66. The van der Waals surface area contributed by atoms with Crippen molar-refractivity contribution in [2.24, 2.45) is 0 Å². The summed E-state index contributed by atoms with van der Waals surface area (Å²) < 4.78 is 12.1. The van der Waals surface area contributed by atoms with Gasteiger partial charge in [0, 0.05) is 5.92 Å². The van der Waals surface area contributed by atoms with Gasteiger partial charge in [-0.3, -0.25) is 0 Å². The molecule has 21 heavy (non-hydrogen) atoms. The Morgan fingerprint density at radius 2 is 1.43 bits per heavy atom. The second-order valence-electron chi connectivity index (χ2n) is 6.63. The first-order valence-corrected chi connectivity index (χ1v) is 7.44. The minimum absolute atomic E-state index is 0.310. The Labute approximate surface area is 127 Å². The van der Waals surface area contributed by atoms with Crippen molar-refractivity contribution in [1.29, 1.82) is 0 Å². The molecule has 0 radical (unpaired) electrons. The summed E-state index contributed by atoms with van der Waals surface area (Å²) in [5.41, 5.74) is 0.671. The zero-order valence-corrected chi connectivity index (χ0v) is 13.1. The largest absolute Gasteiger partial charge is 0.598 e. The lowest BCUT2D eigenvalue weighted by Gasteiger charge is -2.32. The van der Waals surface area contributed by atoms with Crippen molar-refractivity contribution in [2.45, 2.75) is 44.8 Å². The maximum Gasteiger partial charge on any atom is 0.598 e. The van der Waals surface area contributed by atoms with Gasteiger partial charge in [-0.15, -0.1) is 0 Å². The van der Waals surface area contributed by atoms with Gasteiger partial charge >= 0.3 is 7.25 Å². The van der Waals surface area contributed by atoms with Gasteiger partial charge in [0.15, 0.2) is 0 Å². The standard InChI is InChI=1S/C17H22BNO2/c1-16(2)17(3,4)21-18(20-16)19-12-10-15(11-13-19)14-8-6-5-7-9-14/h5-13,15H,1-4H3. The van der Waals surface area contributed by atoms with E-state index in [0.29, 0.717) is 5.92 Å². The molecule has 0 spiro atoms. The van der Waals surface area contributed by atoms with E-state index in [1.54, 1.807) is 0 Å². The number of nitrogens with zero attached hydrogens (tertiary/aromatic N) is 1. The molecule has 0 saturated carbocycles. The molecule has 4 heteroatoms. The van der Waals surface area contributed by atoms with Crippen LogP contribution in [0.1, 0.15) is 39.2 Å². The van der Waals surface area contributed by atoms with Gasteiger partial charge in [-0.1, -0.05) is 42.5 Å². The monoisotopic (exact) mass is 283 g/mol. The molecule has 0 aromatic heterocycles. The second-order valence-corrected chi connectivity index (χ2v) is 6.63. The maximum absolute atomic E-state index is 6.05. The van der Waals surface area contributed by atoms with Gasteiger partial charge in [-0.2, -0.15) is 0 Å². The maximum atomic E-state index is 6.05. The van der Waals surface area contributed by atoms with E-state index in [1.807, 2.05) is 23.3 Å². The van der Waals surface area contributed by atoms with Crippen molar-refractivity contribution < 1.29 is 9.31 Å². The predicted octanol–water partition coefficient (Wildman–Crippen LogP) is 3.70. The number of hydrogen-bond donors (Lipinski definition) is 0. The van der Waals surface area contributed by atoms with Crippen molar-refractivity contribution in [3.8, 4) is 0 Å². The van der Waals surface area contributed by atoms with Crippen LogP contribution in [0.5, 0.6) is 0 Å². The first-order chi connectivity index (χ1) is 9.89. The summed E-state index contributed by atoms with van der Waals surface area (Å²) in [5.74, 6) is 0.310. The molecule has 0 atom stereocenters. The third-order valence-electron chi connectivity index (χ3n) is 4.60. The van der Waals surface area contributed by atoms with E-state index in [4.69, 9.17) is 9.31 Å². The molecule has 2 aliphatic heterocycles. The zero-order chi connectivity index (χ0) is 15.1. The highest BCUT2D eigenvalue weighted by Gasteiger charge is 2.53. The number of benzene rings is 1. The molecule has 3 nitrogen and oxygen atoms in total. The van der Waals surface area contributed by atoms with Crippen molar-refractivity contribution in [2.75, 3.05) is 0 Å². The van der Waals surface area contributed by atoms with E-state index in [1.165, 1.54) is 5.56 Å².